The van der Waals surface area contributed by atoms with Gasteiger partial charge in [0.2, 0.25) is 5.76 Å². The summed E-state index contributed by atoms with van der Waals surface area (Å²) in [6, 6.07) is 0. The second-order valence-electron chi connectivity index (χ2n) is 4.81. The fourth-order valence-electron chi connectivity index (χ4n) is 2.34. The summed E-state index contributed by atoms with van der Waals surface area (Å²) in [6.07, 6.45) is 3.46. The van der Waals surface area contributed by atoms with Crippen LogP contribution < -0.4 is 5.32 Å². The average Bonchev–Trinajstić information content (AvgIpc) is 2.82. The summed E-state index contributed by atoms with van der Waals surface area (Å²) in [5.74, 6) is 1.05. The van der Waals surface area contributed by atoms with E-state index in [1.165, 1.54) is 6.39 Å². The summed E-state index contributed by atoms with van der Waals surface area (Å²) < 4.78 is 5.16. The minimum atomic E-state index is -0.0214. The first-order chi connectivity index (χ1) is 8.72. The zero-order chi connectivity index (χ0) is 13.0. The maximum atomic E-state index is 12.2. The van der Waals surface area contributed by atoms with Crippen LogP contribution in [0.4, 0.5) is 0 Å². The van der Waals surface area contributed by atoms with Crippen LogP contribution in [0.25, 0.3) is 0 Å². The number of carbonyl (C=O) groups is 1. The molecule has 7 heteroatoms. The van der Waals surface area contributed by atoms with E-state index in [9.17, 15) is 4.79 Å². The molecule has 1 saturated heterocycles. The molecule has 0 atom stereocenters. The average molecular weight is 324 g/mol. The van der Waals surface area contributed by atoms with Gasteiger partial charge in [-0.25, -0.2) is 4.98 Å². The second kappa shape index (κ2) is 9.21. The SMILES string of the molecule is CCNCC1CCN(C(=O)c2ocnc2C)CC1.Cl.Cl. The molecule has 20 heavy (non-hydrogen) atoms. The highest BCUT2D eigenvalue weighted by Gasteiger charge is 2.26. The number of rotatable bonds is 4. The molecule has 1 aromatic heterocycles. The van der Waals surface area contributed by atoms with Gasteiger partial charge in [0.15, 0.2) is 6.39 Å². The van der Waals surface area contributed by atoms with Crippen molar-refractivity contribution in [1.82, 2.24) is 15.2 Å². The highest BCUT2D eigenvalue weighted by Crippen LogP contribution is 2.19. The predicted octanol–water partition coefficient (Wildman–Crippen LogP) is 2.29. The molecule has 1 fully saturated rings. The van der Waals surface area contributed by atoms with Crippen molar-refractivity contribution in [2.45, 2.75) is 26.7 Å². The normalized spacial score (nSPS) is 15.4. The van der Waals surface area contributed by atoms with Gasteiger partial charge in [-0.1, -0.05) is 6.92 Å². The number of nitrogens with one attached hydrogen (secondary N) is 1. The zero-order valence-corrected chi connectivity index (χ0v) is 13.6. The molecule has 0 spiro atoms. The minimum Gasteiger partial charge on any atom is -0.438 e. The van der Waals surface area contributed by atoms with Gasteiger partial charge in [0, 0.05) is 13.1 Å². The van der Waals surface area contributed by atoms with Gasteiger partial charge >= 0.3 is 0 Å². The topological polar surface area (TPSA) is 58.4 Å². The van der Waals surface area contributed by atoms with Crippen molar-refractivity contribution in [2.75, 3.05) is 26.2 Å². The highest BCUT2D eigenvalue weighted by molar-refractivity contribution is 5.92. The maximum absolute atomic E-state index is 12.2. The molecule has 0 radical (unpaired) electrons. The van der Waals surface area contributed by atoms with Crippen LogP contribution in [0.5, 0.6) is 0 Å². The third kappa shape index (κ3) is 4.65. The molecule has 1 aliphatic rings. The second-order valence-corrected chi connectivity index (χ2v) is 4.81. The smallest absolute Gasteiger partial charge is 0.291 e. The summed E-state index contributed by atoms with van der Waals surface area (Å²) in [5.41, 5.74) is 0.676. The zero-order valence-electron chi connectivity index (χ0n) is 11.9. The standard InChI is InChI=1S/C13H21N3O2.2ClH/c1-3-14-8-11-4-6-16(7-5-11)13(17)12-10(2)15-9-18-12;;/h9,11,14H,3-8H2,1-2H3;2*1H. The largest absolute Gasteiger partial charge is 0.438 e. The fraction of sp³-hybridized carbons (Fsp3) is 0.692. The molecule has 1 N–H and O–H groups in total. The Kier molecular flexibility index (Phi) is 8.85. The Hall–Kier alpha value is -0.780. The lowest BCUT2D eigenvalue weighted by Crippen LogP contribution is -2.40. The van der Waals surface area contributed by atoms with E-state index in [0.29, 0.717) is 17.4 Å². The molecule has 0 aliphatic carbocycles. The van der Waals surface area contributed by atoms with Gasteiger partial charge in [-0.3, -0.25) is 4.79 Å². The van der Waals surface area contributed by atoms with E-state index in [-0.39, 0.29) is 30.7 Å². The number of aryl methyl sites for hydroxylation is 1. The van der Waals surface area contributed by atoms with Crippen molar-refractivity contribution in [3.8, 4) is 0 Å². The molecule has 0 bridgehead atoms. The Balaban J connectivity index is 0.00000180. The molecule has 116 valence electrons. The Morgan fingerprint density at radius 3 is 2.60 bits per heavy atom. The predicted molar refractivity (Wildman–Crippen MR) is 82.9 cm³/mol. The van der Waals surface area contributed by atoms with Gasteiger partial charge in [-0.05, 0) is 38.8 Å². The Bertz CT molecular complexity index is 404. The van der Waals surface area contributed by atoms with E-state index in [2.05, 4.69) is 17.2 Å². The quantitative estimate of drug-likeness (QED) is 0.923. The molecule has 0 unspecified atom stereocenters. The van der Waals surface area contributed by atoms with Crippen LogP contribution in [0, 0.1) is 12.8 Å². The number of aromatic nitrogens is 1. The Morgan fingerprint density at radius 1 is 1.45 bits per heavy atom. The summed E-state index contributed by atoms with van der Waals surface area (Å²) in [7, 11) is 0. The Labute approximate surface area is 132 Å². The van der Waals surface area contributed by atoms with Gasteiger partial charge in [-0.15, -0.1) is 24.8 Å². The van der Waals surface area contributed by atoms with E-state index in [0.717, 1.165) is 39.0 Å². The number of piperidine rings is 1. The molecule has 1 amide bonds. The van der Waals surface area contributed by atoms with E-state index in [4.69, 9.17) is 4.42 Å². The minimum absolute atomic E-state index is 0. The van der Waals surface area contributed by atoms with Crippen LogP contribution >= 0.6 is 24.8 Å². The number of oxazole rings is 1. The number of halogens is 2. The van der Waals surface area contributed by atoms with Crippen LogP contribution in [0.15, 0.2) is 10.8 Å². The lowest BCUT2D eigenvalue weighted by Gasteiger charge is -2.31. The monoisotopic (exact) mass is 323 g/mol. The van der Waals surface area contributed by atoms with Crippen LogP contribution in [0.2, 0.25) is 0 Å². The van der Waals surface area contributed by atoms with Crippen molar-refractivity contribution in [3.05, 3.63) is 17.8 Å². The van der Waals surface area contributed by atoms with Crippen LogP contribution in [0.1, 0.15) is 36.0 Å². The van der Waals surface area contributed by atoms with E-state index in [1.807, 2.05) is 4.90 Å². The van der Waals surface area contributed by atoms with Gasteiger partial charge in [0.05, 0.1) is 5.69 Å². The van der Waals surface area contributed by atoms with Crippen LogP contribution in [0.3, 0.4) is 0 Å². The van der Waals surface area contributed by atoms with Crippen LogP contribution in [-0.2, 0) is 0 Å². The lowest BCUT2D eigenvalue weighted by atomic mass is 9.96. The summed E-state index contributed by atoms with van der Waals surface area (Å²) in [6.45, 7) is 7.61. The molecule has 2 rings (SSSR count). The molecule has 5 nitrogen and oxygen atoms in total. The summed E-state index contributed by atoms with van der Waals surface area (Å²) in [5, 5.41) is 3.37. The molecule has 2 heterocycles. The summed E-state index contributed by atoms with van der Waals surface area (Å²) >= 11 is 0. The maximum Gasteiger partial charge on any atom is 0.291 e. The third-order valence-electron chi connectivity index (χ3n) is 3.52. The third-order valence-corrected chi connectivity index (χ3v) is 3.52. The van der Waals surface area contributed by atoms with Crippen molar-refractivity contribution in [2.24, 2.45) is 5.92 Å². The van der Waals surface area contributed by atoms with Crippen molar-refractivity contribution in [3.63, 3.8) is 0 Å². The van der Waals surface area contributed by atoms with Crippen molar-refractivity contribution in [1.29, 1.82) is 0 Å². The molecular weight excluding hydrogens is 301 g/mol. The number of nitrogens with zero attached hydrogens (tertiary/aromatic N) is 2. The fourth-order valence-corrected chi connectivity index (χ4v) is 2.34. The van der Waals surface area contributed by atoms with Crippen LogP contribution in [-0.4, -0.2) is 42.0 Å². The number of hydrogen-bond donors (Lipinski definition) is 1. The van der Waals surface area contributed by atoms with Crippen molar-refractivity contribution >= 4 is 30.7 Å². The number of carbonyl (C=O) groups excluding carboxylic acids is 1. The molecule has 0 aromatic carbocycles. The van der Waals surface area contributed by atoms with Gasteiger partial charge in [-0.2, -0.15) is 0 Å². The highest BCUT2D eigenvalue weighted by atomic mass is 35.5. The molecule has 1 aliphatic heterocycles. The number of likely N-dealkylation sites (tertiary alicyclic amines) is 1. The first-order valence-electron chi connectivity index (χ1n) is 6.62. The van der Waals surface area contributed by atoms with E-state index >= 15 is 0 Å². The van der Waals surface area contributed by atoms with Gasteiger partial charge in [0.25, 0.3) is 5.91 Å². The molecule has 0 saturated carbocycles. The lowest BCUT2D eigenvalue weighted by molar-refractivity contribution is 0.0657. The van der Waals surface area contributed by atoms with Crippen molar-refractivity contribution < 1.29 is 9.21 Å². The van der Waals surface area contributed by atoms with Gasteiger partial charge in [0.1, 0.15) is 0 Å². The van der Waals surface area contributed by atoms with E-state index < -0.39 is 0 Å². The first-order valence-corrected chi connectivity index (χ1v) is 6.62. The first kappa shape index (κ1) is 19.2. The van der Waals surface area contributed by atoms with E-state index in [1.54, 1.807) is 6.92 Å². The number of amides is 1. The van der Waals surface area contributed by atoms with Gasteiger partial charge < -0.3 is 14.6 Å². The number of hydrogen-bond acceptors (Lipinski definition) is 4. The molecular formula is C13H23Cl2N3O2. The summed E-state index contributed by atoms with van der Waals surface area (Å²) in [4.78, 5) is 18.0. The molecule has 1 aromatic rings. The Morgan fingerprint density at radius 2 is 2.10 bits per heavy atom.